The fourth-order valence-electron chi connectivity index (χ4n) is 2.37. The van der Waals surface area contributed by atoms with Crippen LogP contribution in [0.4, 0.5) is 13.2 Å². The van der Waals surface area contributed by atoms with E-state index in [2.05, 4.69) is 15.9 Å². The third kappa shape index (κ3) is 5.29. The van der Waals surface area contributed by atoms with Crippen molar-refractivity contribution in [1.29, 1.82) is 0 Å². The highest BCUT2D eigenvalue weighted by molar-refractivity contribution is 9.10. The van der Waals surface area contributed by atoms with Crippen molar-refractivity contribution in [2.45, 2.75) is 32.4 Å². The van der Waals surface area contributed by atoms with Crippen molar-refractivity contribution in [1.82, 2.24) is 4.90 Å². The molecule has 0 saturated heterocycles. The van der Waals surface area contributed by atoms with Crippen LogP contribution in [0.25, 0.3) is 0 Å². The number of fused-ring (bicyclic) bond motifs is 1. The molecule has 1 heterocycles. The second-order valence-electron chi connectivity index (χ2n) is 5.55. The first-order chi connectivity index (χ1) is 11.3. The molecule has 134 valence electrons. The van der Waals surface area contributed by atoms with Crippen LogP contribution in [0.5, 0.6) is 11.5 Å². The molecule has 1 aliphatic heterocycles. The number of hydrogen-bond donors (Lipinski definition) is 0. The van der Waals surface area contributed by atoms with Gasteiger partial charge >= 0.3 is 6.18 Å². The predicted molar refractivity (Wildman–Crippen MR) is 86.4 cm³/mol. The summed E-state index contributed by atoms with van der Waals surface area (Å²) in [6, 6.07) is 3.32. The second kappa shape index (κ2) is 8.09. The number of ether oxygens (including phenoxy) is 2. The maximum absolute atomic E-state index is 12.7. The summed E-state index contributed by atoms with van der Waals surface area (Å²) in [4.78, 5) is 13.2. The van der Waals surface area contributed by atoms with E-state index in [9.17, 15) is 18.0 Å². The zero-order chi connectivity index (χ0) is 17.7. The molecule has 0 unspecified atom stereocenters. The molecule has 2 rings (SSSR count). The Balaban J connectivity index is 2.13. The molecule has 0 aromatic heterocycles. The molecule has 4 nitrogen and oxygen atoms in total. The molecule has 0 bridgehead atoms. The topological polar surface area (TPSA) is 38.8 Å². The van der Waals surface area contributed by atoms with Gasteiger partial charge in [-0.1, -0.05) is 29.3 Å². The summed E-state index contributed by atoms with van der Waals surface area (Å²) in [5.74, 6) is 0.504. The molecule has 24 heavy (non-hydrogen) atoms. The van der Waals surface area contributed by atoms with Gasteiger partial charge in [0.05, 0.1) is 6.42 Å². The Hall–Kier alpha value is -1.44. The van der Waals surface area contributed by atoms with E-state index in [-0.39, 0.29) is 13.0 Å². The van der Waals surface area contributed by atoms with Gasteiger partial charge in [0.25, 0.3) is 0 Å². The number of benzene rings is 1. The highest BCUT2D eigenvalue weighted by Gasteiger charge is 2.33. The maximum atomic E-state index is 12.7. The SMILES string of the molecule is CCCCN(CC(F)(F)F)C(=O)Cc1cc2c(cc1Br)OCCO2. The molecule has 1 aromatic carbocycles. The number of halogens is 4. The van der Waals surface area contributed by atoms with Crippen LogP contribution in [0.1, 0.15) is 25.3 Å². The average Bonchev–Trinajstić information content (AvgIpc) is 2.51. The lowest BCUT2D eigenvalue weighted by Gasteiger charge is -2.25. The Bertz CT molecular complexity index is 593. The molecule has 8 heteroatoms. The van der Waals surface area contributed by atoms with Gasteiger partial charge in [-0.25, -0.2) is 0 Å². The number of amides is 1. The van der Waals surface area contributed by atoms with Crippen molar-refractivity contribution in [2.24, 2.45) is 0 Å². The predicted octanol–water partition coefficient (Wildman–Crippen LogP) is 3.95. The number of hydrogen-bond acceptors (Lipinski definition) is 3. The minimum Gasteiger partial charge on any atom is -0.486 e. The number of nitrogens with zero attached hydrogens (tertiary/aromatic N) is 1. The van der Waals surface area contributed by atoms with Gasteiger partial charge in [-0.3, -0.25) is 4.79 Å². The molecule has 1 aliphatic rings. The standard InChI is InChI=1S/C16H19BrF3NO3/c1-2-3-4-21(10-16(18,19)20)15(22)8-11-7-13-14(9-12(11)17)24-6-5-23-13/h7,9H,2-6,8,10H2,1H3. The first-order valence-electron chi connectivity index (χ1n) is 7.72. The van der Waals surface area contributed by atoms with Gasteiger partial charge in [-0.05, 0) is 24.1 Å². The molecular formula is C16H19BrF3NO3. The summed E-state index contributed by atoms with van der Waals surface area (Å²) in [6.07, 6.45) is -3.29. The lowest BCUT2D eigenvalue weighted by atomic mass is 10.1. The number of carbonyl (C=O) groups is 1. The zero-order valence-electron chi connectivity index (χ0n) is 13.3. The van der Waals surface area contributed by atoms with Crippen LogP contribution >= 0.6 is 15.9 Å². The van der Waals surface area contributed by atoms with Crippen LogP contribution in [0.2, 0.25) is 0 Å². The van der Waals surface area contributed by atoms with Gasteiger partial charge in [0, 0.05) is 11.0 Å². The molecule has 0 fully saturated rings. The summed E-state index contributed by atoms with van der Waals surface area (Å²) in [5, 5.41) is 0. The van der Waals surface area contributed by atoms with Crippen molar-refractivity contribution < 1.29 is 27.4 Å². The molecule has 0 atom stereocenters. The molecular weight excluding hydrogens is 391 g/mol. The van der Waals surface area contributed by atoms with Crippen molar-refractivity contribution in [3.05, 3.63) is 22.2 Å². The lowest BCUT2D eigenvalue weighted by molar-refractivity contribution is -0.160. The summed E-state index contributed by atoms with van der Waals surface area (Å²) in [6.45, 7) is 1.57. The second-order valence-corrected chi connectivity index (χ2v) is 6.40. The van der Waals surface area contributed by atoms with Crippen LogP contribution < -0.4 is 9.47 Å². The smallest absolute Gasteiger partial charge is 0.406 e. The van der Waals surface area contributed by atoms with E-state index in [0.29, 0.717) is 41.2 Å². The van der Waals surface area contributed by atoms with E-state index < -0.39 is 18.6 Å². The molecule has 0 radical (unpaired) electrons. The average molecular weight is 410 g/mol. The Morgan fingerprint density at radius 2 is 1.88 bits per heavy atom. The van der Waals surface area contributed by atoms with Gasteiger partial charge in [0.1, 0.15) is 19.8 Å². The molecule has 0 N–H and O–H groups in total. The summed E-state index contributed by atoms with van der Waals surface area (Å²) < 4.78 is 49.6. The van der Waals surface area contributed by atoms with E-state index in [0.717, 1.165) is 11.3 Å². The van der Waals surface area contributed by atoms with E-state index in [1.54, 1.807) is 12.1 Å². The quantitative estimate of drug-likeness (QED) is 0.713. The van der Waals surface area contributed by atoms with Crippen molar-refractivity contribution in [3.8, 4) is 11.5 Å². The summed E-state index contributed by atoms with van der Waals surface area (Å²) in [5.41, 5.74) is 0.577. The van der Waals surface area contributed by atoms with E-state index in [1.165, 1.54) is 0 Å². The largest absolute Gasteiger partial charge is 0.486 e. The molecule has 0 spiro atoms. The monoisotopic (exact) mass is 409 g/mol. The molecule has 1 aromatic rings. The van der Waals surface area contributed by atoms with Gasteiger partial charge in [-0.2, -0.15) is 13.2 Å². The Kier molecular flexibility index (Phi) is 6.37. The molecule has 1 amide bonds. The van der Waals surface area contributed by atoms with E-state index in [1.807, 2.05) is 6.92 Å². The molecule has 0 saturated carbocycles. The zero-order valence-corrected chi connectivity index (χ0v) is 14.9. The van der Waals surface area contributed by atoms with Crippen LogP contribution in [0.15, 0.2) is 16.6 Å². The first-order valence-corrected chi connectivity index (χ1v) is 8.52. The highest BCUT2D eigenvalue weighted by Crippen LogP contribution is 2.36. The summed E-state index contributed by atoms with van der Waals surface area (Å²) >= 11 is 3.34. The van der Waals surface area contributed by atoms with Crippen LogP contribution in [-0.2, 0) is 11.2 Å². The Morgan fingerprint density at radius 3 is 2.46 bits per heavy atom. The third-order valence-corrected chi connectivity index (χ3v) is 4.30. The van der Waals surface area contributed by atoms with Gasteiger partial charge < -0.3 is 14.4 Å². The van der Waals surface area contributed by atoms with E-state index in [4.69, 9.17) is 9.47 Å². The highest BCUT2D eigenvalue weighted by atomic mass is 79.9. The van der Waals surface area contributed by atoms with E-state index >= 15 is 0 Å². The van der Waals surface area contributed by atoms with Crippen molar-refractivity contribution >= 4 is 21.8 Å². The number of carbonyl (C=O) groups excluding carboxylic acids is 1. The molecule has 0 aliphatic carbocycles. The third-order valence-electron chi connectivity index (χ3n) is 3.56. The first kappa shape index (κ1) is 18.9. The Labute approximate surface area is 147 Å². The van der Waals surface area contributed by atoms with Gasteiger partial charge in [0.15, 0.2) is 11.5 Å². The maximum Gasteiger partial charge on any atom is 0.406 e. The van der Waals surface area contributed by atoms with Crippen LogP contribution in [-0.4, -0.2) is 43.3 Å². The van der Waals surface area contributed by atoms with Crippen LogP contribution in [0.3, 0.4) is 0 Å². The number of rotatable bonds is 6. The fourth-order valence-corrected chi connectivity index (χ4v) is 2.84. The fraction of sp³-hybridized carbons (Fsp3) is 0.562. The lowest BCUT2D eigenvalue weighted by Crippen LogP contribution is -2.40. The normalized spacial score (nSPS) is 13.7. The van der Waals surface area contributed by atoms with Crippen molar-refractivity contribution in [2.75, 3.05) is 26.3 Å². The van der Waals surface area contributed by atoms with Crippen molar-refractivity contribution in [3.63, 3.8) is 0 Å². The minimum atomic E-state index is -4.41. The van der Waals surface area contributed by atoms with Gasteiger partial charge in [-0.15, -0.1) is 0 Å². The Morgan fingerprint density at radius 1 is 1.25 bits per heavy atom. The number of unbranched alkanes of at least 4 members (excludes halogenated alkanes) is 1. The summed E-state index contributed by atoms with van der Waals surface area (Å²) in [7, 11) is 0. The number of alkyl halides is 3. The minimum absolute atomic E-state index is 0.0943. The van der Waals surface area contributed by atoms with Gasteiger partial charge in [0.2, 0.25) is 5.91 Å². The van der Waals surface area contributed by atoms with Crippen LogP contribution in [0, 0.1) is 0 Å².